The number of aromatic nitrogens is 1. The normalized spacial score (nSPS) is 19.5. The second kappa shape index (κ2) is 7.23. The quantitative estimate of drug-likeness (QED) is 0.498. The molecule has 3 aromatic rings. The van der Waals surface area contributed by atoms with E-state index in [1.165, 1.54) is 47.7 Å². The maximum absolute atomic E-state index is 5.66. The third-order valence-corrected chi connectivity index (χ3v) is 6.96. The maximum Gasteiger partial charge on any atom is 0.123 e. The molecule has 3 nitrogen and oxygen atoms in total. The third kappa shape index (κ3) is 2.98. The molecule has 2 heterocycles. The number of rotatable bonds is 3. The SMILES string of the molecule is COc1ccc(Br)cc1CN1CCCn2c3c(c4cc(C)ccc42)CCC[C@H]31. The molecule has 28 heavy (non-hydrogen) atoms. The van der Waals surface area contributed by atoms with Crippen LogP contribution in [0.25, 0.3) is 10.9 Å². The van der Waals surface area contributed by atoms with Gasteiger partial charge in [0.05, 0.1) is 13.2 Å². The van der Waals surface area contributed by atoms with Crippen molar-refractivity contribution in [2.45, 2.75) is 51.7 Å². The van der Waals surface area contributed by atoms with Gasteiger partial charge in [0.1, 0.15) is 5.75 Å². The molecular formula is C24H27BrN2O. The second-order valence-corrected chi connectivity index (χ2v) is 9.14. The summed E-state index contributed by atoms with van der Waals surface area (Å²) in [4.78, 5) is 2.69. The van der Waals surface area contributed by atoms with Crippen molar-refractivity contribution >= 4 is 26.8 Å². The van der Waals surface area contributed by atoms with Gasteiger partial charge in [0, 0.05) is 46.3 Å². The van der Waals surface area contributed by atoms with Crippen LogP contribution in [0.3, 0.4) is 0 Å². The fourth-order valence-corrected chi connectivity index (χ4v) is 5.68. The van der Waals surface area contributed by atoms with Crippen LogP contribution in [0.5, 0.6) is 5.75 Å². The van der Waals surface area contributed by atoms with E-state index >= 15 is 0 Å². The largest absolute Gasteiger partial charge is 0.496 e. The number of hydrogen-bond donors (Lipinski definition) is 0. The van der Waals surface area contributed by atoms with Crippen molar-refractivity contribution < 1.29 is 4.74 Å². The molecule has 1 aliphatic carbocycles. The van der Waals surface area contributed by atoms with Crippen molar-refractivity contribution in [1.29, 1.82) is 0 Å². The van der Waals surface area contributed by atoms with Crippen LogP contribution in [0.15, 0.2) is 40.9 Å². The zero-order valence-corrected chi connectivity index (χ0v) is 18.3. The number of halogens is 1. The fraction of sp³-hybridized carbons (Fsp3) is 0.417. The van der Waals surface area contributed by atoms with Crippen molar-refractivity contribution in [1.82, 2.24) is 9.47 Å². The van der Waals surface area contributed by atoms with Gasteiger partial charge in [0.15, 0.2) is 0 Å². The number of aryl methyl sites for hydroxylation is 3. The van der Waals surface area contributed by atoms with Crippen LogP contribution in [0, 0.1) is 6.92 Å². The number of benzene rings is 2. The average molecular weight is 439 g/mol. The lowest BCUT2D eigenvalue weighted by Crippen LogP contribution is -2.31. The highest BCUT2D eigenvalue weighted by atomic mass is 79.9. The Balaban J connectivity index is 1.59. The predicted octanol–water partition coefficient (Wildman–Crippen LogP) is 6.00. The van der Waals surface area contributed by atoms with Gasteiger partial charge >= 0.3 is 0 Å². The van der Waals surface area contributed by atoms with Crippen LogP contribution in [0.2, 0.25) is 0 Å². The zero-order valence-electron chi connectivity index (χ0n) is 16.7. The topological polar surface area (TPSA) is 17.4 Å². The van der Waals surface area contributed by atoms with Crippen LogP contribution in [0.4, 0.5) is 0 Å². The van der Waals surface area contributed by atoms with Gasteiger partial charge in [-0.1, -0.05) is 27.6 Å². The molecule has 0 saturated carbocycles. The number of ether oxygens (including phenoxy) is 1. The van der Waals surface area contributed by atoms with Crippen molar-refractivity contribution in [2.75, 3.05) is 13.7 Å². The first kappa shape index (κ1) is 18.3. The lowest BCUT2D eigenvalue weighted by Gasteiger charge is -2.34. The van der Waals surface area contributed by atoms with E-state index in [-0.39, 0.29) is 0 Å². The van der Waals surface area contributed by atoms with E-state index in [9.17, 15) is 0 Å². The molecule has 1 aromatic heterocycles. The molecule has 0 spiro atoms. The number of hydrogen-bond acceptors (Lipinski definition) is 2. The van der Waals surface area contributed by atoms with Crippen molar-refractivity contribution in [3.05, 3.63) is 63.3 Å². The standard InChI is InChI=1S/C24H27BrN2O/c1-16-7-9-21-20(13-16)19-5-3-6-22-24(19)27(21)12-4-11-26(22)15-17-14-18(25)8-10-23(17)28-2/h7-10,13-14,22H,3-6,11-12,15H2,1-2H3/t22-/m1/s1. The van der Waals surface area contributed by atoms with Crippen LogP contribution >= 0.6 is 15.9 Å². The summed E-state index contributed by atoms with van der Waals surface area (Å²) >= 11 is 3.64. The van der Waals surface area contributed by atoms with Gasteiger partial charge in [-0.15, -0.1) is 0 Å². The summed E-state index contributed by atoms with van der Waals surface area (Å²) in [5.74, 6) is 0.986. The summed E-state index contributed by atoms with van der Waals surface area (Å²) in [6.45, 7) is 5.40. The highest BCUT2D eigenvalue weighted by Gasteiger charge is 2.33. The van der Waals surface area contributed by atoms with Crippen LogP contribution in [0.1, 0.15) is 47.7 Å². The van der Waals surface area contributed by atoms with Gasteiger partial charge < -0.3 is 9.30 Å². The first-order valence-corrected chi connectivity index (χ1v) is 11.1. The van der Waals surface area contributed by atoms with Gasteiger partial charge in [-0.2, -0.15) is 0 Å². The van der Waals surface area contributed by atoms with Crippen molar-refractivity contribution in [2.24, 2.45) is 0 Å². The average Bonchev–Trinajstić information content (AvgIpc) is 2.88. The van der Waals surface area contributed by atoms with Crippen molar-refractivity contribution in [3.63, 3.8) is 0 Å². The molecule has 0 fully saturated rings. The Hall–Kier alpha value is -1.78. The van der Waals surface area contributed by atoms with E-state index in [0.29, 0.717) is 6.04 Å². The molecule has 1 atom stereocenters. The Morgan fingerprint density at radius 1 is 1.11 bits per heavy atom. The highest BCUT2D eigenvalue weighted by molar-refractivity contribution is 9.10. The molecule has 0 unspecified atom stereocenters. The molecule has 0 saturated heterocycles. The maximum atomic E-state index is 5.66. The van der Waals surface area contributed by atoms with Crippen LogP contribution < -0.4 is 4.74 Å². The van der Waals surface area contributed by atoms with Gasteiger partial charge in [0.2, 0.25) is 0 Å². The Bertz CT molecular complexity index is 1040. The first-order valence-electron chi connectivity index (χ1n) is 10.3. The molecule has 4 heteroatoms. The summed E-state index contributed by atoms with van der Waals surface area (Å²) < 4.78 is 9.41. The zero-order chi connectivity index (χ0) is 19.3. The molecule has 0 radical (unpaired) electrons. The Morgan fingerprint density at radius 3 is 2.86 bits per heavy atom. The first-order chi connectivity index (χ1) is 13.7. The molecule has 0 N–H and O–H groups in total. The van der Waals surface area contributed by atoms with E-state index in [1.54, 1.807) is 18.4 Å². The van der Waals surface area contributed by atoms with Gasteiger partial charge in [0.25, 0.3) is 0 Å². The second-order valence-electron chi connectivity index (χ2n) is 8.22. The summed E-state index contributed by atoms with van der Waals surface area (Å²) in [6, 6.07) is 13.9. The molecule has 2 aliphatic rings. The number of fused-ring (bicyclic) bond motifs is 3. The van der Waals surface area contributed by atoms with Gasteiger partial charge in [-0.25, -0.2) is 0 Å². The molecular weight excluding hydrogens is 412 g/mol. The third-order valence-electron chi connectivity index (χ3n) is 6.47. The monoisotopic (exact) mass is 438 g/mol. The lowest BCUT2D eigenvalue weighted by molar-refractivity contribution is 0.172. The minimum absolute atomic E-state index is 0.502. The van der Waals surface area contributed by atoms with E-state index in [2.05, 4.69) is 68.7 Å². The number of nitrogens with zero attached hydrogens (tertiary/aromatic N) is 2. The van der Waals surface area contributed by atoms with Gasteiger partial charge in [-0.05, 0) is 68.5 Å². The Kier molecular flexibility index (Phi) is 4.72. The van der Waals surface area contributed by atoms with E-state index < -0.39 is 0 Å². The van der Waals surface area contributed by atoms with E-state index in [0.717, 1.165) is 29.9 Å². The predicted molar refractivity (Wildman–Crippen MR) is 118 cm³/mol. The minimum atomic E-state index is 0.502. The lowest BCUT2D eigenvalue weighted by atomic mass is 9.90. The Labute approximate surface area is 175 Å². The minimum Gasteiger partial charge on any atom is -0.496 e. The van der Waals surface area contributed by atoms with Crippen molar-refractivity contribution in [3.8, 4) is 5.75 Å². The summed E-state index contributed by atoms with van der Waals surface area (Å²) in [6.07, 6.45) is 4.93. The summed E-state index contributed by atoms with van der Waals surface area (Å²) in [7, 11) is 1.77. The van der Waals surface area contributed by atoms with Crippen LogP contribution in [-0.2, 0) is 19.5 Å². The van der Waals surface area contributed by atoms with Gasteiger partial charge in [-0.3, -0.25) is 4.90 Å². The van der Waals surface area contributed by atoms with Crippen LogP contribution in [-0.4, -0.2) is 23.1 Å². The fourth-order valence-electron chi connectivity index (χ4n) is 5.27. The molecule has 2 aromatic carbocycles. The van der Waals surface area contributed by atoms with E-state index in [1.807, 2.05) is 0 Å². The molecule has 1 aliphatic heterocycles. The Morgan fingerprint density at radius 2 is 2.00 bits per heavy atom. The molecule has 0 bridgehead atoms. The number of methoxy groups -OCH3 is 1. The molecule has 0 amide bonds. The highest BCUT2D eigenvalue weighted by Crippen LogP contribution is 2.43. The molecule has 146 valence electrons. The summed E-state index contributed by atoms with van der Waals surface area (Å²) in [5.41, 5.74) is 7.25. The summed E-state index contributed by atoms with van der Waals surface area (Å²) in [5, 5.41) is 1.49. The smallest absolute Gasteiger partial charge is 0.123 e. The van der Waals surface area contributed by atoms with E-state index in [4.69, 9.17) is 4.74 Å². The molecule has 5 rings (SSSR count).